The molecule has 0 aliphatic carbocycles. The van der Waals surface area contributed by atoms with Crippen molar-refractivity contribution in [1.82, 2.24) is 9.80 Å². The maximum atomic E-state index is 2.71. The largest absolute Gasteiger partial charge is 0.356 e. The highest BCUT2D eigenvalue weighted by Crippen LogP contribution is 2.24. The lowest BCUT2D eigenvalue weighted by atomic mass is 10.0. The van der Waals surface area contributed by atoms with Gasteiger partial charge in [-0.15, -0.1) is 0 Å². The first-order valence-electron chi connectivity index (χ1n) is 19.0. The lowest BCUT2D eigenvalue weighted by Gasteiger charge is -2.33. The van der Waals surface area contributed by atoms with Gasteiger partial charge in [0.1, 0.15) is 6.17 Å². The van der Waals surface area contributed by atoms with Crippen molar-refractivity contribution in [2.75, 3.05) is 13.1 Å². The summed E-state index contributed by atoms with van der Waals surface area (Å²) in [6.07, 6.45) is 48.4. The number of hydrogen-bond donors (Lipinski definition) is 0. The number of rotatable bonds is 32. The predicted molar refractivity (Wildman–Crippen MR) is 182 cm³/mol. The van der Waals surface area contributed by atoms with E-state index in [1.54, 1.807) is 0 Å². The van der Waals surface area contributed by atoms with E-state index in [0.29, 0.717) is 6.17 Å². The second kappa shape index (κ2) is 29.8. The molecule has 0 spiro atoms. The summed E-state index contributed by atoms with van der Waals surface area (Å²) in [6, 6.07) is 0. The summed E-state index contributed by atoms with van der Waals surface area (Å²) < 4.78 is 0. The average molecular weight is 561 g/mol. The topological polar surface area (TPSA) is 6.48 Å². The van der Waals surface area contributed by atoms with Crippen LogP contribution in [0.4, 0.5) is 0 Å². The van der Waals surface area contributed by atoms with E-state index in [9.17, 15) is 0 Å². The zero-order valence-corrected chi connectivity index (χ0v) is 28.3. The highest BCUT2D eigenvalue weighted by molar-refractivity contribution is 4.97. The lowest BCUT2D eigenvalue weighted by molar-refractivity contribution is 0.135. The third kappa shape index (κ3) is 22.0. The van der Waals surface area contributed by atoms with Gasteiger partial charge in [0.25, 0.3) is 0 Å². The fourth-order valence-corrected chi connectivity index (χ4v) is 6.54. The van der Waals surface area contributed by atoms with E-state index in [1.807, 2.05) is 0 Å². The molecule has 1 heterocycles. The Kier molecular flexibility index (Phi) is 27.9. The third-order valence-electron chi connectivity index (χ3n) is 9.32. The Labute approximate surface area is 254 Å². The van der Waals surface area contributed by atoms with Gasteiger partial charge in [-0.2, -0.15) is 0 Å². The van der Waals surface area contributed by atoms with Crippen LogP contribution in [0.25, 0.3) is 0 Å². The molecule has 1 unspecified atom stereocenters. The van der Waals surface area contributed by atoms with E-state index in [-0.39, 0.29) is 0 Å². The molecule has 2 heteroatoms. The Morgan fingerprint density at radius 1 is 0.325 bits per heavy atom. The molecule has 0 bridgehead atoms. The molecule has 40 heavy (non-hydrogen) atoms. The van der Waals surface area contributed by atoms with Crippen molar-refractivity contribution in [3.8, 4) is 0 Å². The van der Waals surface area contributed by atoms with Gasteiger partial charge in [0.15, 0.2) is 0 Å². The molecule has 1 atom stereocenters. The summed E-state index contributed by atoms with van der Waals surface area (Å²) in [5.74, 6) is 0. The van der Waals surface area contributed by atoms with Crippen LogP contribution in [0.15, 0.2) is 12.4 Å². The monoisotopic (exact) mass is 561 g/mol. The van der Waals surface area contributed by atoms with Gasteiger partial charge in [0.2, 0.25) is 0 Å². The molecule has 0 saturated heterocycles. The van der Waals surface area contributed by atoms with Crippen molar-refractivity contribution in [3.05, 3.63) is 12.4 Å². The van der Waals surface area contributed by atoms with Crippen LogP contribution in [0.3, 0.4) is 0 Å². The van der Waals surface area contributed by atoms with Crippen molar-refractivity contribution in [2.24, 2.45) is 0 Å². The molecule has 0 saturated carbocycles. The van der Waals surface area contributed by atoms with Gasteiger partial charge in [-0.05, 0) is 25.7 Å². The Balaban J connectivity index is 2.20. The first-order valence-corrected chi connectivity index (χ1v) is 19.0. The van der Waals surface area contributed by atoms with E-state index in [2.05, 4.69) is 43.0 Å². The highest BCUT2D eigenvalue weighted by Gasteiger charge is 2.24. The van der Waals surface area contributed by atoms with Gasteiger partial charge < -0.3 is 9.80 Å². The van der Waals surface area contributed by atoms with Crippen molar-refractivity contribution in [1.29, 1.82) is 0 Å². The van der Waals surface area contributed by atoms with Gasteiger partial charge in [-0.25, -0.2) is 0 Å². The van der Waals surface area contributed by atoms with Crippen molar-refractivity contribution >= 4 is 0 Å². The normalized spacial score (nSPS) is 15.1. The molecule has 1 aliphatic rings. The summed E-state index contributed by atoms with van der Waals surface area (Å²) in [5.41, 5.74) is 0. The molecule has 0 aromatic heterocycles. The molecule has 0 aromatic carbocycles. The van der Waals surface area contributed by atoms with E-state index in [0.717, 1.165) is 0 Å². The fourth-order valence-electron chi connectivity index (χ4n) is 6.54. The molecular formula is C38H76N2. The molecule has 1 aliphatic heterocycles. The van der Waals surface area contributed by atoms with Gasteiger partial charge in [0.05, 0.1) is 0 Å². The van der Waals surface area contributed by atoms with Gasteiger partial charge in [-0.3, -0.25) is 0 Å². The predicted octanol–water partition coefficient (Wildman–Crippen LogP) is 13.2. The van der Waals surface area contributed by atoms with E-state index in [1.165, 1.54) is 206 Å². The SMILES string of the molecule is CCCCCCCCCCCCCCCN1C=CN(CCCCCCCCC)C1CCCCCCCCCCC. The Morgan fingerprint density at radius 3 is 0.875 bits per heavy atom. The molecule has 0 N–H and O–H groups in total. The summed E-state index contributed by atoms with van der Waals surface area (Å²) in [6.45, 7) is 9.48. The Bertz CT molecular complexity index is 516. The van der Waals surface area contributed by atoms with Gasteiger partial charge in [-0.1, -0.05) is 188 Å². The highest BCUT2D eigenvalue weighted by atomic mass is 15.4. The minimum Gasteiger partial charge on any atom is -0.356 e. The van der Waals surface area contributed by atoms with Gasteiger partial charge >= 0.3 is 0 Å². The first-order chi connectivity index (χ1) is 19.8. The minimum absolute atomic E-state index is 0.641. The van der Waals surface area contributed by atoms with Crippen molar-refractivity contribution in [2.45, 2.75) is 220 Å². The number of nitrogens with zero attached hydrogens (tertiary/aromatic N) is 2. The van der Waals surface area contributed by atoms with Crippen LogP contribution < -0.4 is 0 Å². The zero-order valence-electron chi connectivity index (χ0n) is 28.3. The fraction of sp³-hybridized carbons (Fsp3) is 0.947. The van der Waals surface area contributed by atoms with Crippen LogP contribution in [0, 0.1) is 0 Å². The molecule has 0 amide bonds. The van der Waals surface area contributed by atoms with Crippen LogP contribution >= 0.6 is 0 Å². The van der Waals surface area contributed by atoms with E-state index < -0.39 is 0 Å². The molecule has 0 radical (unpaired) electrons. The van der Waals surface area contributed by atoms with Crippen molar-refractivity contribution in [3.63, 3.8) is 0 Å². The van der Waals surface area contributed by atoms with E-state index in [4.69, 9.17) is 0 Å². The zero-order chi connectivity index (χ0) is 28.8. The summed E-state index contributed by atoms with van der Waals surface area (Å²) in [5, 5.41) is 0. The van der Waals surface area contributed by atoms with E-state index >= 15 is 0 Å². The Morgan fingerprint density at radius 2 is 0.575 bits per heavy atom. The molecule has 0 fully saturated rings. The standard InChI is InChI=1S/C38H76N2/c1-4-7-10-13-16-18-19-20-21-23-26-29-32-35-40-37-36-39(34-31-28-25-15-12-9-6-3)38(40)33-30-27-24-22-17-14-11-8-5-2/h36-38H,4-35H2,1-3H3. The second-order valence-corrected chi connectivity index (χ2v) is 13.2. The lowest BCUT2D eigenvalue weighted by Crippen LogP contribution is -2.39. The second-order valence-electron chi connectivity index (χ2n) is 13.2. The molecule has 2 nitrogen and oxygen atoms in total. The maximum Gasteiger partial charge on any atom is 0.101 e. The third-order valence-corrected chi connectivity index (χ3v) is 9.32. The minimum atomic E-state index is 0.641. The van der Waals surface area contributed by atoms with Crippen LogP contribution in [0.1, 0.15) is 213 Å². The quantitative estimate of drug-likeness (QED) is 0.0755. The smallest absolute Gasteiger partial charge is 0.101 e. The molecule has 1 rings (SSSR count). The maximum absolute atomic E-state index is 2.71. The number of hydrogen-bond acceptors (Lipinski definition) is 2. The van der Waals surface area contributed by atoms with Crippen LogP contribution in [-0.4, -0.2) is 29.1 Å². The number of unbranched alkanes of at least 4 members (excludes halogenated alkanes) is 26. The summed E-state index contributed by atoms with van der Waals surface area (Å²) in [4.78, 5) is 5.42. The van der Waals surface area contributed by atoms with Crippen LogP contribution in [0.2, 0.25) is 0 Å². The Hall–Kier alpha value is -0.660. The summed E-state index contributed by atoms with van der Waals surface area (Å²) in [7, 11) is 0. The molecule has 238 valence electrons. The van der Waals surface area contributed by atoms with Crippen LogP contribution in [-0.2, 0) is 0 Å². The molecule has 0 aromatic rings. The first kappa shape index (κ1) is 37.4. The average Bonchev–Trinajstić information content (AvgIpc) is 3.35. The molecular weight excluding hydrogens is 484 g/mol. The van der Waals surface area contributed by atoms with Crippen LogP contribution in [0.5, 0.6) is 0 Å². The van der Waals surface area contributed by atoms with Crippen molar-refractivity contribution < 1.29 is 0 Å². The van der Waals surface area contributed by atoms with Gasteiger partial charge in [0, 0.05) is 25.5 Å². The summed E-state index contributed by atoms with van der Waals surface area (Å²) >= 11 is 0.